The summed E-state index contributed by atoms with van der Waals surface area (Å²) in [6.45, 7) is 5.98. The highest BCUT2D eigenvalue weighted by atomic mass is 32.1. The Morgan fingerprint density at radius 1 is 1.50 bits per heavy atom. The van der Waals surface area contributed by atoms with Crippen LogP contribution in [0.1, 0.15) is 25.6 Å². The average molecular weight is 187 g/mol. The fraction of sp³-hybridized carbons (Fsp3) is 0.500. The Morgan fingerprint density at radius 3 is 2.33 bits per heavy atom. The molecule has 1 heterocycles. The van der Waals surface area contributed by atoms with Gasteiger partial charge in [0.2, 0.25) is 0 Å². The molecule has 3 nitrogen and oxygen atoms in total. The molecule has 0 aromatic carbocycles. The highest BCUT2D eigenvalue weighted by Gasteiger charge is 2.07. The van der Waals surface area contributed by atoms with Gasteiger partial charge in [-0.05, 0) is 12.5 Å². The molecule has 12 heavy (non-hydrogen) atoms. The van der Waals surface area contributed by atoms with E-state index in [9.17, 15) is 10.1 Å². The fourth-order valence-electron chi connectivity index (χ4n) is 0.655. The summed E-state index contributed by atoms with van der Waals surface area (Å²) in [5.41, 5.74) is 0. The van der Waals surface area contributed by atoms with Crippen molar-refractivity contribution in [1.82, 2.24) is 0 Å². The highest BCUT2D eigenvalue weighted by molar-refractivity contribution is 7.15. The summed E-state index contributed by atoms with van der Waals surface area (Å²) in [4.78, 5) is 10.9. The first kappa shape index (κ1) is 11.1. The smallest absolute Gasteiger partial charge is 0.258 e. The van der Waals surface area contributed by atoms with E-state index in [1.54, 1.807) is 12.1 Å². The lowest BCUT2D eigenvalue weighted by Crippen LogP contribution is -1.80. The van der Waals surface area contributed by atoms with Crippen molar-refractivity contribution >= 4 is 16.3 Å². The number of thiophene rings is 1. The van der Waals surface area contributed by atoms with Crippen LogP contribution in [-0.4, -0.2) is 4.92 Å². The minimum absolute atomic E-state index is 0.233. The summed E-state index contributed by atoms with van der Waals surface area (Å²) < 4.78 is 0. The molecule has 0 aliphatic heterocycles. The van der Waals surface area contributed by atoms with Crippen LogP contribution in [-0.2, 0) is 6.42 Å². The molecule has 0 bridgehead atoms. The van der Waals surface area contributed by atoms with E-state index < -0.39 is 0 Å². The first-order valence-corrected chi connectivity index (χ1v) is 4.78. The molecule has 0 atom stereocenters. The van der Waals surface area contributed by atoms with Gasteiger partial charge in [-0.25, -0.2) is 0 Å². The molecule has 0 aliphatic rings. The van der Waals surface area contributed by atoms with Crippen molar-refractivity contribution in [2.24, 2.45) is 0 Å². The van der Waals surface area contributed by atoms with Crippen LogP contribution >= 0.6 is 11.3 Å². The van der Waals surface area contributed by atoms with Gasteiger partial charge < -0.3 is 0 Å². The molecule has 1 aromatic rings. The molecule has 0 saturated carbocycles. The van der Waals surface area contributed by atoms with E-state index >= 15 is 0 Å². The monoisotopic (exact) mass is 187 g/mol. The molecule has 0 spiro atoms. The molecule has 0 unspecified atom stereocenters. The molecule has 68 valence electrons. The Balaban J connectivity index is 0.000000561. The Labute approximate surface area is 76.2 Å². The van der Waals surface area contributed by atoms with E-state index in [-0.39, 0.29) is 9.92 Å². The number of hydrogen-bond acceptors (Lipinski definition) is 3. The van der Waals surface area contributed by atoms with E-state index in [0.29, 0.717) is 0 Å². The van der Waals surface area contributed by atoms with Crippen molar-refractivity contribution in [3.05, 3.63) is 27.1 Å². The molecule has 0 aliphatic carbocycles. The zero-order valence-electron chi connectivity index (χ0n) is 7.53. The zero-order chi connectivity index (χ0) is 9.56. The maximum Gasteiger partial charge on any atom is 0.324 e. The second-order valence-corrected chi connectivity index (χ2v) is 3.00. The van der Waals surface area contributed by atoms with Gasteiger partial charge in [0.1, 0.15) is 0 Å². The first-order valence-electron chi connectivity index (χ1n) is 3.97. The third-order valence-corrected chi connectivity index (χ3v) is 2.36. The van der Waals surface area contributed by atoms with Crippen molar-refractivity contribution in [3.8, 4) is 0 Å². The van der Waals surface area contributed by atoms with Gasteiger partial charge in [-0.1, -0.05) is 32.1 Å². The molecule has 0 N–H and O–H groups in total. The molecule has 1 rings (SSSR count). The summed E-state index contributed by atoms with van der Waals surface area (Å²) in [6, 6.07) is 3.34. The normalized spacial score (nSPS) is 8.58. The lowest BCUT2D eigenvalue weighted by Gasteiger charge is -1.81. The minimum Gasteiger partial charge on any atom is -0.258 e. The van der Waals surface area contributed by atoms with E-state index in [2.05, 4.69) is 0 Å². The Morgan fingerprint density at radius 2 is 2.08 bits per heavy atom. The van der Waals surface area contributed by atoms with Crippen LogP contribution in [0.3, 0.4) is 0 Å². The van der Waals surface area contributed by atoms with Gasteiger partial charge in [-0.2, -0.15) is 0 Å². The molecule has 0 fully saturated rings. The first-order chi connectivity index (χ1) is 5.74. The van der Waals surface area contributed by atoms with Gasteiger partial charge in [-0.3, -0.25) is 10.1 Å². The third kappa shape index (κ3) is 3.00. The number of hydrogen-bond donors (Lipinski definition) is 0. The minimum atomic E-state index is -0.357. The maximum atomic E-state index is 10.1. The Bertz CT molecular complexity index is 245. The summed E-state index contributed by atoms with van der Waals surface area (Å²) in [6.07, 6.45) is 0.874. The van der Waals surface area contributed by atoms with Gasteiger partial charge in [0.25, 0.3) is 0 Å². The second kappa shape index (κ2) is 5.71. The quantitative estimate of drug-likeness (QED) is 0.527. The van der Waals surface area contributed by atoms with Gasteiger partial charge >= 0.3 is 5.00 Å². The molecule has 0 saturated heterocycles. The average Bonchev–Trinajstić information content (AvgIpc) is 2.55. The lowest BCUT2D eigenvalue weighted by molar-refractivity contribution is -0.380. The van der Waals surface area contributed by atoms with Crippen molar-refractivity contribution in [2.75, 3.05) is 0 Å². The van der Waals surface area contributed by atoms with Crippen molar-refractivity contribution in [1.29, 1.82) is 0 Å². The molecule has 0 radical (unpaired) electrons. The molecule has 4 heteroatoms. The SMILES string of the molecule is CC.CCc1ccc([N+](=O)[O-])s1. The largest absolute Gasteiger partial charge is 0.324 e. The predicted molar refractivity (Wildman–Crippen MR) is 51.7 cm³/mol. The lowest BCUT2D eigenvalue weighted by atomic mass is 10.4. The van der Waals surface area contributed by atoms with Crippen LogP contribution < -0.4 is 0 Å². The van der Waals surface area contributed by atoms with Crippen LogP contribution in [0.4, 0.5) is 5.00 Å². The summed E-state index contributed by atoms with van der Waals surface area (Å²) in [5, 5.41) is 10.4. The van der Waals surface area contributed by atoms with E-state index in [0.717, 1.165) is 11.3 Å². The summed E-state index contributed by atoms with van der Waals surface area (Å²) in [5.74, 6) is 0. The standard InChI is InChI=1S/C6H7NO2S.C2H6/c1-2-5-3-4-6(10-5)7(8)9;1-2/h3-4H,2H2,1H3;1-2H3. The van der Waals surface area contributed by atoms with Crippen molar-refractivity contribution < 1.29 is 4.92 Å². The zero-order valence-corrected chi connectivity index (χ0v) is 8.35. The Hall–Kier alpha value is -0.900. The van der Waals surface area contributed by atoms with Gasteiger partial charge in [-0.15, -0.1) is 0 Å². The maximum absolute atomic E-state index is 10.1. The molecule has 1 aromatic heterocycles. The van der Waals surface area contributed by atoms with Gasteiger partial charge in [0.15, 0.2) is 0 Å². The van der Waals surface area contributed by atoms with Crippen LogP contribution in [0, 0.1) is 10.1 Å². The highest BCUT2D eigenvalue weighted by Crippen LogP contribution is 2.23. The molecular weight excluding hydrogens is 174 g/mol. The van der Waals surface area contributed by atoms with E-state index in [4.69, 9.17) is 0 Å². The van der Waals surface area contributed by atoms with Crippen molar-refractivity contribution in [3.63, 3.8) is 0 Å². The van der Waals surface area contributed by atoms with Gasteiger partial charge in [0.05, 0.1) is 4.92 Å². The van der Waals surface area contributed by atoms with Crippen LogP contribution in [0.25, 0.3) is 0 Å². The van der Waals surface area contributed by atoms with Crippen molar-refractivity contribution in [2.45, 2.75) is 27.2 Å². The number of rotatable bonds is 2. The molecule has 0 amide bonds. The summed E-state index contributed by atoms with van der Waals surface area (Å²) in [7, 11) is 0. The molecular formula is C8H13NO2S. The van der Waals surface area contributed by atoms with E-state index in [1.807, 2.05) is 20.8 Å². The van der Waals surface area contributed by atoms with Gasteiger partial charge in [0, 0.05) is 10.9 Å². The number of nitro groups is 1. The second-order valence-electron chi connectivity index (χ2n) is 1.85. The predicted octanol–water partition coefficient (Wildman–Crippen LogP) is 3.24. The number of aryl methyl sites for hydroxylation is 1. The van der Waals surface area contributed by atoms with Crippen LogP contribution in [0.5, 0.6) is 0 Å². The number of nitrogens with zero attached hydrogens (tertiary/aromatic N) is 1. The topological polar surface area (TPSA) is 43.1 Å². The fourth-order valence-corrected chi connectivity index (χ4v) is 1.41. The van der Waals surface area contributed by atoms with E-state index in [1.165, 1.54) is 11.3 Å². The van der Waals surface area contributed by atoms with Crippen LogP contribution in [0.2, 0.25) is 0 Å². The summed E-state index contributed by atoms with van der Waals surface area (Å²) >= 11 is 1.24. The van der Waals surface area contributed by atoms with Crippen LogP contribution in [0.15, 0.2) is 12.1 Å². The third-order valence-electron chi connectivity index (χ3n) is 1.18. The Kier molecular flexibility index (Phi) is 5.28.